The summed E-state index contributed by atoms with van der Waals surface area (Å²) in [7, 11) is 0. The molecular formula is C28H46O2S. The van der Waals surface area contributed by atoms with E-state index in [1.807, 2.05) is 33.8 Å². The molecule has 2 aromatic carbocycles. The summed E-state index contributed by atoms with van der Waals surface area (Å²) in [6, 6.07) is 8.34. The average Bonchev–Trinajstić information content (AvgIpc) is 2.75. The lowest BCUT2D eigenvalue weighted by molar-refractivity contribution is 0.458. The van der Waals surface area contributed by atoms with Crippen LogP contribution in [0.3, 0.4) is 0 Å². The largest absolute Gasteiger partial charge is 0.507 e. The molecule has 0 saturated heterocycles. The zero-order valence-electron chi connectivity index (χ0n) is 21.3. The number of aryl methyl sites for hydroxylation is 5. The fraction of sp³-hybridized carbons (Fsp3) is 0.571. The topological polar surface area (TPSA) is 40.5 Å². The van der Waals surface area contributed by atoms with Crippen molar-refractivity contribution in [1.82, 2.24) is 0 Å². The summed E-state index contributed by atoms with van der Waals surface area (Å²) in [5.41, 5.74) is 5.70. The third-order valence-electron chi connectivity index (χ3n) is 4.94. The fourth-order valence-corrected chi connectivity index (χ4v) is 4.50. The molecule has 0 bridgehead atoms. The molecule has 0 heterocycles. The Morgan fingerprint density at radius 1 is 0.710 bits per heavy atom. The Kier molecular flexibility index (Phi) is 16.1. The maximum absolute atomic E-state index is 9.92. The molecule has 2 aromatic rings. The first kappa shape index (κ1) is 29.4. The van der Waals surface area contributed by atoms with E-state index in [0.29, 0.717) is 11.5 Å². The van der Waals surface area contributed by atoms with Crippen molar-refractivity contribution in [3.8, 4) is 11.5 Å². The first-order valence-corrected chi connectivity index (χ1v) is 13.1. The summed E-state index contributed by atoms with van der Waals surface area (Å²) in [5.74, 6) is 2.05. The zero-order chi connectivity index (χ0) is 23.8. The molecule has 0 aliphatic rings. The Bertz CT molecular complexity index is 753. The third-order valence-corrected chi connectivity index (χ3v) is 6.06. The van der Waals surface area contributed by atoms with E-state index in [1.165, 1.54) is 30.4 Å². The Morgan fingerprint density at radius 3 is 1.90 bits per heavy atom. The van der Waals surface area contributed by atoms with Gasteiger partial charge in [0, 0.05) is 4.90 Å². The van der Waals surface area contributed by atoms with Crippen LogP contribution in [0, 0.1) is 20.8 Å². The number of hydrogen-bond acceptors (Lipinski definition) is 3. The maximum Gasteiger partial charge on any atom is 0.132 e. The van der Waals surface area contributed by atoms with Crippen LogP contribution in [0.1, 0.15) is 94.5 Å². The molecule has 0 fully saturated rings. The van der Waals surface area contributed by atoms with Crippen LogP contribution in [-0.4, -0.2) is 16.0 Å². The maximum atomic E-state index is 9.92. The van der Waals surface area contributed by atoms with Crippen LogP contribution in [0.2, 0.25) is 0 Å². The summed E-state index contributed by atoms with van der Waals surface area (Å²) < 4.78 is 0. The molecule has 0 aliphatic heterocycles. The molecule has 0 amide bonds. The van der Waals surface area contributed by atoms with E-state index >= 15 is 0 Å². The second-order valence-corrected chi connectivity index (χ2v) is 9.04. The first-order chi connectivity index (χ1) is 14.8. The van der Waals surface area contributed by atoms with Crippen LogP contribution in [0.4, 0.5) is 0 Å². The normalized spacial score (nSPS) is 10.1. The minimum atomic E-state index is 0.455. The van der Waals surface area contributed by atoms with Crippen LogP contribution >= 0.6 is 11.8 Å². The highest BCUT2D eigenvalue weighted by Crippen LogP contribution is 2.33. The van der Waals surface area contributed by atoms with Crippen molar-refractivity contribution in [2.75, 3.05) is 5.75 Å². The highest BCUT2D eigenvalue weighted by Gasteiger charge is 2.07. The van der Waals surface area contributed by atoms with Gasteiger partial charge in [0.25, 0.3) is 0 Å². The smallest absolute Gasteiger partial charge is 0.132 e. The molecule has 0 unspecified atom stereocenters. The number of hydrogen-bond donors (Lipinski definition) is 2. The number of phenolic OH excluding ortho intramolecular Hbond substituents is 2. The van der Waals surface area contributed by atoms with E-state index < -0.39 is 0 Å². The molecule has 0 spiro atoms. The zero-order valence-corrected chi connectivity index (χ0v) is 22.1. The average molecular weight is 447 g/mol. The van der Waals surface area contributed by atoms with Crippen LogP contribution < -0.4 is 0 Å². The van der Waals surface area contributed by atoms with Crippen molar-refractivity contribution in [2.45, 2.75) is 105 Å². The van der Waals surface area contributed by atoms with Gasteiger partial charge >= 0.3 is 0 Å². The number of rotatable bonds is 9. The second kappa shape index (κ2) is 17.0. The highest BCUT2D eigenvalue weighted by atomic mass is 32.2. The number of unbranched alkanes of at least 4 members (excludes halogenated alkanes) is 2. The second-order valence-electron chi connectivity index (χ2n) is 7.90. The third kappa shape index (κ3) is 11.0. The van der Waals surface area contributed by atoms with Crippen molar-refractivity contribution in [2.24, 2.45) is 0 Å². The first-order valence-electron chi connectivity index (χ1n) is 12.1. The Labute approximate surface area is 196 Å². The lowest BCUT2D eigenvalue weighted by Crippen LogP contribution is -1.93. The predicted octanol–water partition coefficient (Wildman–Crippen LogP) is 8.92. The van der Waals surface area contributed by atoms with E-state index in [0.717, 1.165) is 53.0 Å². The number of aromatic hydroxyl groups is 2. The standard InChI is InChI=1S/C14H22O.C12H18OS.C2H6/c1-4-6-8-13-10-12(7-5-2)9-11(3)14(13)15;1-4-5-6-14-11-8-9(2)7-10(3)12(11)13;1-2/h9-10,15H,4-8H2,1-3H3;7-8,13H,4-6H2,1-3H3;1-2H3. The summed E-state index contributed by atoms with van der Waals surface area (Å²) >= 11 is 1.75. The molecule has 3 heteroatoms. The quantitative estimate of drug-likeness (QED) is 0.298. The molecule has 2 N–H and O–H groups in total. The Balaban J connectivity index is 0.000000539. The van der Waals surface area contributed by atoms with Gasteiger partial charge in [-0.15, -0.1) is 11.8 Å². The van der Waals surface area contributed by atoms with Gasteiger partial charge in [0.2, 0.25) is 0 Å². The monoisotopic (exact) mass is 446 g/mol. The van der Waals surface area contributed by atoms with Crippen LogP contribution in [0.5, 0.6) is 11.5 Å². The van der Waals surface area contributed by atoms with E-state index in [9.17, 15) is 10.2 Å². The lowest BCUT2D eigenvalue weighted by atomic mass is 9.98. The van der Waals surface area contributed by atoms with Gasteiger partial charge in [0.1, 0.15) is 11.5 Å². The molecule has 0 atom stereocenters. The van der Waals surface area contributed by atoms with Gasteiger partial charge in [0.15, 0.2) is 0 Å². The van der Waals surface area contributed by atoms with Gasteiger partial charge in [-0.2, -0.15) is 0 Å². The number of phenols is 2. The minimum Gasteiger partial charge on any atom is -0.507 e. The molecule has 31 heavy (non-hydrogen) atoms. The van der Waals surface area contributed by atoms with Crippen LogP contribution in [-0.2, 0) is 12.8 Å². The Morgan fingerprint density at radius 2 is 1.32 bits per heavy atom. The minimum absolute atomic E-state index is 0.455. The number of benzene rings is 2. The summed E-state index contributed by atoms with van der Waals surface area (Å²) in [4.78, 5) is 1.02. The molecule has 2 nitrogen and oxygen atoms in total. The fourth-order valence-electron chi connectivity index (χ4n) is 3.28. The van der Waals surface area contributed by atoms with Gasteiger partial charge in [0.05, 0.1) is 0 Å². The summed E-state index contributed by atoms with van der Waals surface area (Å²) in [6.45, 7) is 16.6. The van der Waals surface area contributed by atoms with Crippen molar-refractivity contribution in [1.29, 1.82) is 0 Å². The van der Waals surface area contributed by atoms with Gasteiger partial charge < -0.3 is 10.2 Å². The van der Waals surface area contributed by atoms with Gasteiger partial charge in [-0.3, -0.25) is 0 Å². The Hall–Kier alpha value is -1.61. The van der Waals surface area contributed by atoms with Crippen molar-refractivity contribution < 1.29 is 10.2 Å². The van der Waals surface area contributed by atoms with Crippen LogP contribution in [0.15, 0.2) is 29.2 Å². The number of thioether (sulfide) groups is 1. The van der Waals surface area contributed by atoms with E-state index in [1.54, 1.807) is 11.8 Å². The summed E-state index contributed by atoms with van der Waals surface area (Å²) in [6.07, 6.45) is 8.02. The van der Waals surface area contributed by atoms with E-state index in [-0.39, 0.29) is 0 Å². The molecule has 0 saturated carbocycles. The predicted molar refractivity (Wildman–Crippen MR) is 140 cm³/mol. The molecule has 0 aromatic heterocycles. The summed E-state index contributed by atoms with van der Waals surface area (Å²) in [5, 5.41) is 19.7. The van der Waals surface area contributed by atoms with E-state index in [2.05, 4.69) is 45.9 Å². The van der Waals surface area contributed by atoms with Crippen molar-refractivity contribution in [3.63, 3.8) is 0 Å². The molecule has 0 radical (unpaired) electrons. The SMILES string of the molecule is CC.CCCCSc1cc(C)cc(C)c1O.CCCCc1cc(CCC)cc(C)c1O. The molecule has 176 valence electrons. The van der Waals surface area contributed by atoms with Gasteiger partial charge in [-0.25, -0.2) is 0 Å². The van der Waals surface area contributed by atoms with E-state index in [4.69, 9.17) is 0 Å². The van der Waals surface area contributed by atoms with Crippen molar-refractivity contribution >= 4 is 11.8 Å². The molecule has 0 aliphatic carbocycles. The van der Waals surface area contributed by atoms with Gasteiger partial charge in [-0.1, -0.05) is 72.1 Å². The van der Waals surface area contributed by atoms with Crippen molar-refractivity contribution in [3.05, 3.63) is 52.1 Å². The molecule has 2 rings (SSSR count). The van der Waals surface area contributed by atoms with Crippen LogP contribution in [0.25, 0.3) is 0 Å². The highest BCUT2D eigenvalue weighted by molar-refractivity contribution is 7.99. The van der Waals surface area contributed by atoms with Gasteiger partial charge in [-0.05, 0) is 86.1 Å². The lowest BCUT2D eigenvalue weighted by Gasteiger charge is -2.10. The molecular weight excluding hydrogens is 400 g/mol.